The molecule has 1 aromatic rings. The molecule has 0 aromatic heterocycles. The van der Waals surface area contributed by atoms with Gasteiger partial charge in [-0.1, -0.05) is 20.3 Å². The molecular formula is C16H21NO3. The van der Waals surface area contributed by atoms with E-state index in [2.05, 4.69) is 19.2 Å². The standard InChI is InChI=1S/C16H21NO3/c1-10-4-3-5-11(2)15(10)17-16(18)12-6-7-13-14(8-12)20-9-19-13/h6-8,10-11,15H,3-5,9H2,1-2H3,(H,17,18)/t10-,11-/m1/s1. The number of hydrogen-bond acceptors (Lipinski definition) is 3. The van der Waals surface area contributed by atoms with Gasteiger partial charge in [-0.2, -0.15) is 0 Å². The lowest BCUT2D eigenvalue weighted by atomic mass is 9.78. The number of hydrogen-bond donors (Lipinski definition) is 1. The van der Waals surface area contributed by atoms with E-state index in [0.717, 1.165) is 0 Å². The van der Waals surface area contributed by atoms with Crippen LogP contribution in [0.3, 0.4) is 0 Å². The van der Waals surface area contributed by atoms with Gasteiger partial charge in [0.05, 0.1) is 0 Å². The first-order valence-corrected chi connectivity index (χ1v) is 7.35. The molecule has 0 spiro atoms. The van der Waals surface area contributed by atoms with Gasteiger partial charge in [-0.25, -0.2) is 0 Å². The number of rotatable bonds is 2. The molecule has 4 nitrogen and oxygen atoms in total. The van der Waals surface area contributed by atoms with E-state index < -0.39 is 0 Å². The Morgan fingerprint density at radius 2 is 1.85 bits per heavy atom. The lowest BCUT2D eigenvalue weighted by molar-refractivity contribution is 0.0880. The fourth-order valence-electron chi connectivity index (χ4n) is 3.24. The second kappa shape index (κ2) is 5.35. The number of amides is 1. The number of carbonyl (C=O) groups excluding carboxylic acids is 1. The van der Waals surface area contributed by atoms with Crippen LogP contribution in [0.4, 0.5) is 0 Å². The summed E-state index contributed by atoms with van der Waals surface area (Å²) in [6, 6.07) is 5.61. The number of fused-ring (bicyclic) bond motifs is 1. The highest BCUT2D eigenvalue weighted by Gasteiger charge is 2.29. The molecule has 1 heterocycles. The van der Waals surface area contributed by atoms with Crippen molar-refractivity contribution in [1.29, 1.82) is 0 Å². The van der Waals surface area contributed by atoms with Crippen LogP contribution in [0.1, 0.15) is 43.5 Å². The molecule has 1 N–H and O–H groups in total. The first-order valence-electron chi connectivity index (χ1n) is 7.35. The van der Waals surface area contributed by atoms with Crippen molar-refractivity contribution in [3.8, 4) is 11.5 Å². The predicted octanol–water partition coefficient (Wildman–Crippen LogP) is 2.97. The predicted molar refractivity (Wildman–Crippen MR) is 76.0 cm³/mol. The van der Waals surface area contributed by atoms with Crippen molar-refractivity contribution in [2.75, 3.05) is 6.79 Å². The third-order valence-corrected chi connectivity index (χ3v) is 4.48. The maximum absolute atomic E-state index is 12.4. The second-order valence-electron chi connectivity index (χ2n) is 5.95. The van der Waals surface area contributed by atoms with Crippen LogP contribution in [0.2, 0.25) is 0 Å². The Labute approximate surface area is 119 Å². The maximum atomic E-state index is 12.4. The SMILES string of the molecule is C[C@@H]1CCC[C@@H](C)C1NC(=O)c1ccc2c(c1)OCO2. The summed E-state index contributed by atoms with van der Waals surface area (Å²) in [7, 11) is 0. The summed E-state index contributed by atoms with van der Waals surface area (Å²) in [4.78, 5) is 12.4. The van der Waals surface area contributed by atoms with Gasteiger partial charge in [0.15, 0.2) is 11.5 Å². The average molecular weight is 275 g/mol. The van der Waals surface area contributed by atoms with Gasteiger partial charge < -0.3 is 14.8 Å². The maximum Gasteiger partial charge on any atom is 0.251 e. The van der Waals surface area contributed by atoms with E-state index >= 15 is 0 Å². The fraction of sp³-hybridized carbons (Fsp3) is 0.562. The first kappa shape index (κ1) is 13.3. The molecular weight excluding hydrogens is 254 g/mol. The quantitative estimate of drug-likeness (QED) is 0.902. The summed E-state index contributed by atoms with van der Waals surface area (Å²) in [5.41, 5.74) is 0.638. The van der Waals surface area contributed by atoms with Crippen LogP contribution >= 0.6 is 0 Å². The molecule has 1 aliphatic carbocycles. The summed E-state index contributed by atoms with van der Waals surface area (Å²) in [6.45, 7) is 4.68. The molecule has 4 heteroatoms. The Bertz CT molecular complexity index is 504. The topological polar surface area (TPSA) is 47.6 Å². The van der Waals surface area contributed by atoms with Crippen LogP contribution in [0.5, 0.6) is 11.5 Å². The number of benzene rings is 1. The molecule has 1 saturated carbocycles. The van der Waals surface area contributed by atoms with E-state index in [0.29, 0.717) is 28.9 Å². The molecule has 0 saturated heterocycles. The molecule has 0 unspecified atom stereocenters. The Kier molecular flexibility index (Phi) is 3.55. The zero-order chi connectivity index (χ0) is 14.1. The van der Waals surface area contributed by atoms with Crippen molar-refractivity contribution in [3.63, 3.8) is 0 Å². The van der Waals surface area contributed by atoms with E-state index in [1.807, 2.05) is 0 Å². The number of nitrogens with one attached hydrogen (secondary N) is 1. The normalized spacial score (nSPS) is 25.5. The third kappa shape index (κ3) is 2.47. The van der Waals surface area contributed by atoms with Gasteiger partial charge in [0.1, 0.15) is 0 Å². The summed E-state index contributed by atoms with van der Waals surface area (Å²) in [6.07, 6.45) is 3.64. The van der Waals surface area contributed by atoms with Crippen molar-refractivity contribution in [3.05, 3.63) is 23.8 Å². The van der Waals surface area contributed by atoms with E-state index in [-0.39, 0.29) is 18.7 Å². The van der Waals surface area contributed by atoms with Gasteiger partial charge in [0.25, 0.3) is 5.91 Å². The summed E-state index contributed by atoms with van der Waals surface area (Å²) < 4.78 is 10.6. The number of ether oxygens (including phenoxy) is 2. The van der Waals surface area contributed by atoms with Gasteiger partial charge in [-0.15, -0.1) is 0 Å². The van der Waals surface area contributed by atoms with Crippen LogP contribution in [0.25, 0.3) is 0 Å². The molecule has 1 aromatic carbocycles. The van der Waals surface area contributed by atoms with E-state index in [1.54, 1.807) is 18.2 Å². The lowest BCUT2D eigenvalue weighted by Crippen LogP contribution is -2.45. The molecule has 0 radical (unpaired) electrons. The average Bonchev–Trinajstić information content (AvgIpc) is 2.90. The monoisotopic (exact) mass is 275 g/mol. The molecule has 1 fully saturated rings. The molecule has 1 aliphatic heterocycles. The molecule has 2 aliphatic rings. The highest BCUT2D eigenvalue weighted by atomic mass is 16.7. The number of carbonyl (C=O) groups is 1. The van der Waals surface area contributed by atoms with E-state index in [1.165, 1.54) is 19.3 Å². The summed E-state index contributed by atoms with van der Waals surface area (Å²) in [5, 5.41) is 3.19. The Morgan fingerprint density at radius 1 is 1.15 bits per heavy atom. The lowest BCUT2D eigenvalue weighted by Gasteiger charge is -2.35. The molecule has 1 amide bonds. The van der Waals surface area contributed by atoms with Crippen LogP contribution in [0.15, 0.2) is 18.2 Å². The minimum atomic E-state index is -0.0195. The van der Waals surface area contributed by atoms with E-state index in [4.69, 9.17) is 9.47 Å². The van der Waals surface area contributed by atoms with Crippen LogP contribution in [-0.4, -0.2) is 18.7 Å². The Morgan fingerprint density at radius 3 is 2.60 bits per heavy atom. The van der Waals surface area contributed by atoms with Gasteiger partial charge in [0.2, 0.25) is 6.79 Å². The smallest absolute Gasteiger partial charge is 0.251 e. The molecule has 108 valence electrons. The fourth-order valence-corrected chi connectivity index (χ4v) is 3.24. The van der Waals surface area contributed by atoms with Crippen molar-refractivity contribution >= 4 is 5.91 Å². The summed E-state index contributed by atoms with van der Waals surface area (Å²) >= 11 is 0. The van der Waals surface area contributed by atoms with E-state index in [9.17, 15) is 4.79 Å². The second-order valence-corrected chi connectivity index (χ2v) is 5.95. The minimum absolute atomic E-state index is 0.0195. The van der Waals surface area contributed by atoms with Crippen molar-refractivity contribution < 1.29 is 14.3 Å². The van der Waals surface area contributed by atoms with Crippen LogP contribution < -0.4 is 14.8 Å². The van der Waals surface area contributed by atoms with Crippen LogP contribution in [0, 0.1) is 11.8 Å². The van der Waals surface area contributed by atoms with Crippen molar-refractivity contribution in [2.24, 2.45) is 11.8 Å². The highest BCUT2D eigenvalue weighted by Crippen LogP contribution is 2.33. The zero-order valence-corrected chi connectivity index (χ0v) is 12.0. The highest BCUT2D eigenvalue weighted by molar-refractivity contribution is 5.95. The van der Waals surface area contributed by atoms with Gasteiger partial charge in [-0.3, -0.25) is 4.79 Å². The largest absolute Gasteiger partial charge is 0.454 e. The van der Waals surface area contributed by atoms with Gasteiger partial charge in [-0.05, 0) is 42.9 Å². The van der Waals surface area contributed by atoms with Crippen molar-refractivity contribution in [1.82, 2.24) is 5.32 Å². The van der Waals surface area contributed by atoms with Crippen molar-refractivity contribution in [2.45, 2.75) is 39.2 Å². The zero-order valence-electron chi connectivity index (χ0n) is 12.0. The summed E-state index contributed by atoms with van der Waals surface area (Å²) in [5.74, 6) is 2.42. The molecule has 0 bridgehead atoms. The van der Waals surface area contributed by atoms with Crippen LogP contribution in [-0.2, 0) is 0 Å². The Hall–Kier alpha value is -1.71. The molecule has 2 atom stereocenters. The third-order valence-electron chi connectivity index (χ3n) is 4.48. The first-order chi connectivity index (χ1) is 9.65. The minimum Gasteiger partial charge on any atom is -0.454 e. The molecule has 20 heavy (non-hydrogen) atoms. The van der Waals surface area contributed by atoms with Gasteiger partial charge >= 0.3 is 0 Å². The Balaban J connectivity index is 1.72. The van der Waals surface area contributed by atoms with Gasteiger partial charge in [0, 0.05) is 11.6 Å². The molecule has 3 rings (SSSR count).